The maximum atomic E-state index is 12.5. The lowest BCUT2D eigenvalue weighted by molar-refractivity contribution is -0.113. The summed E-state index contributed by atoms with van der Waals surface area (Å²) in [6.07, 6.45) is 2.73. The number of nitrogens with one attached hydrogen (secondary N) is 2. The number of hydrogen-bond acceptors (Lipinski definition) is 9. The summed E-state index contributed by atoms with van der Waals surface area (Å²) in [7, 11) is 0. The minimum absolute atomic E-state index is 0.0879. The zero-order chi connectivity index (χ0) is 23.4. The van der Waals surface area contributed by atoms with Crippen LogP contribution >= 0.6 is 46.0 Å². The van der Waals surface area contributed by atoms with Crippen molar-refractivity contribution in [1.29, 1.82) is 0 Å². The summed E-state index contributed by atoms with van der Waals surface area (Å²) in [4.78, 5) is 38.4. The van der Waals surface area contributed by atoms with E-state index in [1.807, 2.05) is 0 Å². The maximum absolute atomic E-state index is 12.5. The van der Waals surface area contributed by atoms with Gasteiger partial charge in [0.2, 0.25) is 11.0 Å². The molecule has 0 saturated heterocycles. The number of aromatic nitrogens is 2. The van der Waals surface area contributed by atoms with E-state index < -0.39 is 5.97 Å². The molecule has 0 spiro atoms. The first kappa shape index (κ1) is 23.7. The second-order valence-electron chi connectivity index (χ2n) is 6.95. The molecule has 2 heterocycles. The SMILES string of the molecule is CCOC(=O)c1c(NC(=O)CSc2nnc(NC(=O)c3ccc(Cl)cc3)s2)sc2c1CCC2. The van der Waals surface area contributed by atoms with Gasteiger partial charge >= 0.3 is 5.97 Å². The Hall–Kier alpha value is -2.47. The predicted molar refractivity (Wildman–Crippen MR) is 131 cm³/mol. The molecule has 1 aliphatic rings. The van der Waals surface area contributed by atoms with Crippen molar-refractivity contribution >= 4 is 74.0 Å². The van der Waals surface area contributed by atoms with Crippen LogP contribution in [0.1, 0.15) is 44.5 Å². The Morgan fingerprint density at radius 2 is 1.91 bits per heavy atom. The monoisotopic (exact) mass is 522 g/mol. The molecule has 172 valence electrons. The number of anilines is 2. The fraction of sp³-hybridized carbons (Fsp3) is 0.286. The molecular formula is C21H19ClN4O4S3. The highest BCUT2D eigenvalue weighted by Gasteiger charge is 2.28. The summed E-state index contributed by atoms with van der Waals surface area (Å²) in [5.41, 5.74) is 1.92. The molecule has 3 aromatic rings. The number of thioether (sulfide) groups is 1. The standard InChI is InChI=1S/C21H19ClN4O4S3/c1-2-30-19(29)16-13-4-3-5-14(13)32-18(16)23-15(27)10-31-21-26-25-20(33-21)24-17(28)11-6-8-12(22)9-7-11/h6-9H,2-5,10H2,1H3,(H,23,27)(H,24,25,28). The summed E-state index contributed by atoms with van der Waals surface area (Å²) < 4.78 is 5.73. The molecule has 8 nitrogen and oxygen atoms in total. The van der Waals surface area contributed by atoms with Crippen molar-refractivity contribution in [2.24, 2.45) is 0 Å². The Bertz CT molecular complexity index is 1190. The third kappa shape index (κ3) is 5.72. The molecule has 0 bridgehead atoms. The number of ether oxygens (including phenoxy) is 1. The number of nitrogens with zero attached hydrogens (tertiary/aromatic N) is 2. The zero-order valence-corrected chi connectivity index (χ0v) is 20.7. The van der Waals surface area contributed by atoms with E-state index in [1.165, 1.54) is 34.4 Å². The van der Waals surface area contributed by atoms with Crippen LogP contribution in [0.5, 0.6) is 0 Å². The molecule has 0 unspecified atom stereocenters. The molecule has 12 heteroatoms. The van der Waals surface area contributed by atoms with Gasteiger partial charge in [0.1, 0.15) is 5.00 Å². The summed E-state index contributed by atoms with van der Waals surface area (Å²) in [6.45, 7) is 2.04. The average molecular weight is 523 g/mol. The molecule has 0 saturated carbocycles. The topological polar surface area (TPSA) is 110 Å². The molecule has 2 N–H and O–H groups in total. The van der Waals surface area contributed by atoms with Crippen LogP contribution in [-0.2, 0) is 22.4 Å². The minimum atomic E-state index is -0.398. The molecule has 1 aromatic carbocycles. The number of benzene rings is 1. The van der Waals surface area contributed by atoms with Gasteiger partial charge in [-0.1, -0.05) is 34.7 Å². The first-order chi connectivity index (χ1) is 15.9. The number of esters is 1. The Balaban J connectivity index is 1.34. The van der Waals surface area contributed by atoms with Crippen LogP contribution in [0, 0.1) is 0 Å². The maximum Gasteiger partial charge on any atom is 0.341 e. The fourth-order valence-electron chi connectivity index (χ4n) is 3.29. The van der Waals surface area contributed by atoms with Gasteiger partial charge in [-0.05, 0) is 56.0 Å². The van der Waals surface area contributed by atoms with Crippen molar-refractivity contribution in [2.75, 3.05) is 23.0 Å². The summed E-state index contributed by atoms with van der Waals surface area (Å²) >= 11 is 9.65. The molecule has 0 fully saturated rings. The van der Waals surface area contributed by atoms with Gasteiger partial charge < -0.3 is 10.1 Å². The van der Waals surface area contributed by atoms with Crippen molar-refractivity contribution < 1.29 is 19.1 Å². The van der Waals surface area contributed by atoms with E-state index >= 15 is 0 Å². The smallest absolute Gasteiger partial charge is 0.341 e. The second kappa shape index (κ2) is 10.6. The average Bonchev–Trinajstić information content (AvgIpc) is 3.49. The van der Waals surface area contributed by atoms with Crippen LogP contribution in [0.15, 0.2) is 28.6 Å². The van der Waals surface area contributed by atoms with Gasteiger partial charge in [-0.25, -0.2) is 4.79 Å². The Morgan fingerprint density at radius 1 is 1.12 bits per heavy atom. The third-order valence-corrected chi connectivity index (χ3v) is 8.15. The molecule has 1 aliphatic carbocycles. The van der Waals surface area contributed by atoms with Crippen molar-refractivity contribution in [1.82, 2.24) is 10.2 Å². The minimum Gasteiger partial charge on any atom is -0.462 e. The largest absolute Gasteiger partial charge is 0.462 e. The van der Waals surface area contributed by atoms with E-state index in [9.17, 15) is 14.4 Å². The van der Waals surface area contributed by atoms with E-state index in [1.54, 1.807) is 31.2 Å². The number of carbonyl (C=O) groups is 3. The molecule has 2 amide bonds. The quantitative estimate of drug-likeness (QED) is 0.246. The van der Waals surface area contributed by atoms with Crippen LogP contribution < -0.4 is 10.6 Å². The highest BCUT2D eigenvalue weighted by atomic mass is 35.5. The number of carbonyl (C=O) groups excluding carboxylic acids is 3. The van der Waals surface area contributed by atoms with Gasteiger partial charge in [0.15, 0.2) is 4.34 Å². The van der Waals surface area contributed by atoms with Crippen LogP contribution in [-0.4, -0.2) is 40.3 Å². The van der Waals surface area contributed by atoms with E-state index in [0.717, 1.165) is 29.7 Å². The van der Waals surface area contributed by atoms with Gasteiger partial charge in [0, 0.05) is 15.5 Å². The summed E-state index contributed by atoms with van der Waals surface area (Å²) in [6, 6.07) is 6.49. The van der Waals surface area contributed by atoms with Crippen LogP contribution in [0.2, 0.25) is 5.02 Å². The second-order valence-corrected chi connectivity index (χ2v) is 10.7. The van der Waals surface area contributed by atoms with Crippen LogP contribution in [0.25, 0.3) is 0 Å². The van der Waals surface area contributed by atoms with Gasteiger partial charge in [-0.15, -0.1) is 21.5 Å². The van der Waals surface area contributed by atoms with E-state index in [0.29, 0.717) is 30.6 Å². The van der Waals surface area contributed by atoms with Crippen LogP contribution in [0.4, 0.5) is 10.1 Å². The number of rotatable bonds is 8. The number of fused-ring (bicyclic) bond motifs is 1. The van der Waals surface area contributed by atoms with Gasteiger partial charge in [-0.3, -0.25) is 14.9 Å². The lowest BCUT2D eigenvalue weighted by Crippen LogP contribution is -2.16. The first-order valence-electron chi connectivity index (χ1n) is 10.1. The highest BCUT2D eigenvalue weighted by molar-refractivity contribution is 8.01. The normalized spacial score (nSPS) is 12.3. The van der Waals surface area contributed by atoms with E-state index in [4.69, 9.17) is 16.3 Å². The Morgan fingerprint density at radius 3 is 2.67 bits per heavy atom. The molecule has 0 atom stereocenters. The van der Waals surface area contributed by atoms with Crippen LogP contribution in [0.3, 0.4) is 0 Å². The fourth-order valence-corrected chi connectivity index (χ4v) is 6.26. The predicted octanol–water partition coefficient (Wildman–Crippen LogP) is 4.90. The molecule has 4 rings (SSSR count). The summed E-state index contributed by atoms with van der Waals surface area (Å²) in [5.74, 6) is -0.892. The van der Waals surface area contributed by atoms with Crippen molar-refractivity contribution in [3.8, 4) is 0 Å². The molecule has 33 heavy (non-hydrogen) atoms. The third-order valence-electron chi connectivity index (χ3n) is 4.71. The Labute approximate surface area is 207 Å². The number of thiophene rings is 1. The molecule has 0 radical (unpaired) electrons. The van der Waals surface area contributed by atoms with Gasteiger partial charge in [-0.2, -0.15) is 0 Å². The van der Waals surface area contributed by atoms with E-state index in [-0.39, 0.29) is 24.2 Å². The Kier molecular flexibility index (Phi) is 7.63. The number of amides is 2. The number of aryl methyl sites for hydroxylation is 1. The van der Waals surface area contributed by atoms with Crippen molar-refractivity contribution in [2.45, 2.75) is 30.5 Å². The van der Waals surface area contributed by atoms with E-state index in [2.05, 4.69) is 20.8 Å². The highest BCUT2D eigenvalue weighted by Crippen LogP contribution is 2.39. The van der Waals surface area contributed by atoms with Crippen molar-refractivity contribution in [3.63, 3.8) is 0 Å². The summed E-state index contributed by atoms with van der Waals surface area (Å²) in [5, 5.41) is 14.9. The molecular weight excluding hydrogens is 504 g/mol. The van der Waals surface area contributed by atoms with Crippen molar-refractivity contribution in [3.05, 3.63) is 50.9 Å². The molecule has 0 aliphatic heterocycles. The zero-order valence-electron chi connectivity index (χ0n) is 17.5. The number of hydrogen-bond donors (Lipinski definition) is 2. The lowest BCUT2D eigenvalue weighted by atomic mass is 10.1. The van der Waals surface area contributed by atoms with Gasteiger partial charge in [0.05, 0.1) is 17.9 Å². The van der Waals surface area contributed by atoms with Gasteiger partial charge in [0.25, 0.3) is 5.91 Å². The molecule has 2 aromatic heterocycles. The first-order valence-corrected chi connectivity index (χ1v) is 13.1. The lowest BCUT2D eigenvalue weighted by Gasteiger charge is -2.07. The number of halogens is 1.